The van der Waals surface area contributed by atoms with Crippen LogP contribution in [0.5, 0.6) is 0 Å². The van der Waals surface area contributed by atoms with E-state index in [0.717, 1.165) is 18.4 Å². The second kappa shape index (κ2) is 4.65. The number of benzene rings is 1. The molecule has 0 bridgehead atoms. The third kappa shape index (κ3) is 2.58. The summed E-state index contributed by atoms with van der Waals surface area (Å²) >= 11 is 0. The number of amides is 1. The first-order valence-electron chi connectivity index (χ1n) is 4.56. The highest BCUT2D eigenvalue weighted by Gasteiger charge is 2.16. The summed E-state index contributed by atoms with van der Waals surface area (Å²) in [6.45, 7) is 2.03. The van der Waals surface area contributed by atoms with Gasteiger partial charge < -0.3 is 0 Å². The third-order valence-corrected chi connectivity index (χ3v) is 2.10. The Morgan fingerprint density at radius 3 is 2.46 bits per heavy atom. The molecule has 0 saturated carbocycles. The van der Waals surface area contributed by atoms with Gasteiger partial charge in [-0.15, -0.1) is 0 Å². The van der Waals surface area contributed by atoms with Gasteiger partial charge in [0.25, 0.3) is 0 Å². The van der Waals surface area contributed by atoms with Gasteiger partial charge in [-0.25, -0.2) is 0 Å². The first kappa shape index (κ1) is 9.78. The molecule has 0 fully saturated rings. The molecule has 0 aliphatic heterocycles. The molecule has 1 aromatic rings. The van der Waals surface area contributed by atoms with E-state index in [-0.39, 0.29) is 5.92 Å². The summed E-state index contributed by atoms with van der Waals surface area (Å²) in [6.07, 6.45) is 1.70. The van der Waals surface area contributed by atoms with Crippen LogP contribution in [0, 0.1) is 0 Å². The lowest BCUT2D eigenvalue weighted by atomic mass is 9.94. The number of nitrogens with one attached hydrogen (secondary N) is 1. The van der Waals surface area contributed by atoms with Crippen molar-refractivity contribution in [3.63, 3.8) is 0 Å². The van der Waals surface area contributed by atoms with Gasteiger partial charge in [0.1, 0.15) is 0 Å². The van der Waals surface area contributed by atoms with Crippen LogP contribution >= 0.6 is 0 Å². The summed E-state index contributed by atoms with van der Waals surface area (Å²) in [5.41, 5.74) is 8.10. The summed E-state index contributed by atoms with van der Waals surface area (Å²) in [5.74, 6) is -0.709. The molecule has 0 saturated heterocycles. The van der Waals surface area contributed by atoms with E-state index < -0.39 is 5.91 Å². The fourth-order valence-electron chi connectivity index (χ4n) is 1.42. The van der Waals surface area contributed by atoms with E-state index in [2.05, 4.69) is 0 Å². The van der Waals surface area contributed by atoms with Gasteiger partial charge in [-0.05, 0) is 12.0 Å². The van der Waals surface area contributed by atoms with E-state index in [9.17, 15) is 4.79 Å². The van der Waals surface area contributed by atoms with Crippen molar-refractivity contribution in [3.8, 4) is 0 Å². The van der Waals surface area contributed by atoms with Gasteiger partial charge in [-0.1, -0.05) is 43.7 Å². The third-order valence-electron chi connectivity index (χ3n) is 2.10. The maximum atomic E-state index is 11.0. The fraction of sp³-hybridized carbons (Fsp3) is 0.364. The molecule has 0 aliphatic rings. The van der Waals surface area contributed by atoms with Crippen molar-refractivity contribution in [1.82, 2.24) is 5.73 Å². The quantitative estimate of drug-likeness (QED) is 0.694. The zero-order chi connectivity index (χ0) is 9.68. The molecule has 1 rings (SSSR count). The Morgan fingerprint density at radius 1 is 1.38 bits per heavy atom. The molecule has 1 amide bonds. The number of hydrogen-bond acceptors (Lipinski definition) is 1. The molecule has 0 aromatic heterocycles. The number of hydrogen-bond donors (Lipinski definition) is 0. The predicted octanol–water partition coefficient (Wildman–Crippen LogP) is 2.38. The molecule has 1 aromatic carbocycles. The van der Waals surface area contributed by atoms with Crippen molar-refractivity contribution in [2.75, 3.05) is 0 Å². The average Bonchev–Trinajstić information content (AvgIpc) is 2.15. The fourth-order valence-corrected chi connectivity index (χ4v) is 1.42. The van der Waals surface area contributed by atoms with Gasteiger partial charge in [-0.3, -0.25) is 10.5 Å². The number of carbonyl (C=O) groups excluding carboxylic acids is 1. The molecule has 0 aliphatic carbocycles. The van der Waals surface area contributed by atoms with Gasteiger partial charge in [0.2, 0.25) is 5.91 Å². The molecule has 13 heavy (non-hydrogen) atoms. The second-order valence-electron chi connectivity index (χ2n) is 3.12. The number of carbonyl (C=O) groups is 1. The zero-order valence-electron chi connectivity index (χ0n) is 7.79. The van der Waals surface area contributed by atoms with Crippen molar-refractivity contribution in [2.24, 2.45) is 0 Å². The van der Waals surface area contributed by atoms with Crippen LogP contribution in [-0.4, -0.2) is 5.91 Å². The Kier molecular flexibility index (Phi) is 3.50. The highest BCUT2D eigenvalue weighted by atomic mass is 16.1. The highest BCUT2D eigenvalue weighted by Crippen LogP contribution is 2.20. The van der Waals surface area contributed by atoms with Crippen LogP contribution in [0.2, 0.25) is 0 Å². The van der Waals surface area contributed by atoms with Crippen LogP contribution in [0.15, 0.2) is 30.3 Å². The Bertz CT molecular complexity index is 269. The van der Waals surface area contributed by atoms with Crippen LogP contribution in [0.1, 0.15) is 31.2 Å². The summed E-state index contributed by atoms with van der Waals surface area (Å²) in [4.78, 5) is 11.0. The minimum Gasteiger partial charge on any atom is -0.273 e. The van der Waals surface area contributed by atoms with Crippen molar-refractivity contribution < 1.29 is 4.79 Å². The molecular weight excluding hydrogens is 162 g/mol. The van der Waals surface area contributed by atoms with E-state index in [1.807, 2.05) is 37.3 Å². The topological polar surface area (TPSA) is 40.9 Å². The maximum Gasteiger partial charge on any atom is 0.245 e. The molecule has 1 N–H and O–H groups in total. The Hall–Kier alpha value is -1.31. The predicted molar refractivity (Wildman–Crippen MR) is 52.2 cm³/mol. The van der Waals surface area contributed by atoms with E-state index in [0.29, 0.717) is 0 Å². The highest BCUT2D eigenvalue weighted by molar-refractivity contribution is 5.81. The lowest BCUT2D eigenvalue weighted by molar-refractivity contribution is -0.120. The molecule has 1 atom stereocenters. The summed E-state index contributed by atoms with van der Waals surface area (Å²) in [7, 11) is 0. The van der Waals surface area contributed by atoms with Crippen molar-refractivity contribution in [3.05, 3.63) is 35.9 Å². The van der Waals surface area contributed by atoms with Crippen LogP contribution < -0.4 is 5.73 Å². The molecule has 1 radical (unpaired) electrons. The van der Waals surface area contributed by atoms with Crippen LogP contribution in [0.4, 0.5) is 0 Å². The van der Waals surface area contributed by atoms with Gasteiger partial charge in [0.05, 0.1) is 5.92 Å². The van der Waals surface area contributed by atoms with Gasteiger partial charge in [-0.2, -0.15) is 0 Å². The lowest BCUT2D eigenvalue weighted by Gasteiger charge is -2.10. The summed E-state index contributed by atoms with van der Waals surface area (Å²) < 4.78 is 0. The standard InChI is InChI=1S/C11H14NO/c1-2-6-10(11(12)13)9-7-4-3-5-8-9/h3-5,7-8,10,12H,2,6H2,1H3. The molecule has 0 spiro atoms. The van der Waals surface area contributed by atoms with Crippen molar-refractivity contribution in [2.45, 2.75) is 25.7 Å². The summed E-state index contributed by atoms with van der Waals surface area (Å²) in [6, 6.07) is 9.54. The van der Waals surface area contributed by atoms with E-state index in [1.54, 1.807) is 0 Å². The first-order chi connectivity index (χ1) is 6.25. The molecule has 2 nitrogen and oxygen atoms in total. The SMILES string of the molecule is CCCC(C([NH])=O)c1ccccc1. The average molecular weight is 176 g/mol. The molecule has 2 heteroatoms. The minimum atomic E-state index is -0.479. The lowest BCUT2D eigenvalue weighted by Crippen LogP contribution is -2.12. The smallest absolute Gasteiger partial charge is 0.245 e. The normalized spacial score (nSPS) is 12.4. The number of rotatable bonds is 4. The van der Waals surface area contributed by atoms with Crippen LogP contribution in [0.3, 0.4) is 0 Å². The molecular formula is C11H14NO. The van der Waals surface area contributed by atoms with Crippen LogP contribution in [-0.2, 0) is 4.79 Å². The van der Waals surface area contributed by atoms with Gasteiger partial charge in [0, 0.05) is 0 Å². The van der Waals surface area contributed by atoms with Crippen molar-refractivity contribution >= 4 is 5.91 Å². The maximum absolute atomic E-state index is 11.0. The van der Waals surface area contributed by atoms with Crippen molar-refractivity contribution in [1.29, 1.82) is 0 Å². The monoisotopic (exact) mass is 176 g/mol. The van der Waals surface area contributed by atoms with Gasteiger partial charge >= 0.3 is 0 Å². The van der Waals surface area contributed by atoms with E-state index in [4.69, 9.17) is 5.73 Å². The zero-order valence-corrected chi connectivity index (χ0v) is 7.79. The second-order valence-corrected chi connectivity index (χ2v) is 3.12. The van der Waals surface area contributed by atoms with Crippen LogP contribution in [0.25, 0.3) is 0 Å². The molecule has 69 valence electrons. The minimum absolute atomic E-state index is 0.230. The molecule has 1 unspecified atom stereocenters. The Balaban J connectivity index is 2.82. The van der Waals surface area contributed by atoms with E-state index in [1.165, 1.54) is 0 Å². The Morgan fingerprint density at radius 2 is 2.00 bits per heavy atom. The molecule has 0 heterocycles. The Labute approximate surface area is 78.8 Å². The summed E-state index contributed by atoms with van der Waals surface area (Å²) in [5, 5.41) is 0. The first-order valence-corrected chi connectivity index (χ1v) is 4.56. The largest absolute Gasteiger partial charge is 0.273 e. The van der Waals surface area contributed by atoms with E-state index >= 15 is 0 Å². The van der Waals surface area contributed by atoms with Gasteiger partial charge in [0.15, 0.2) is 0 Å².